The normalized spacial score (nSPS) is 12.9. The van der Waals surface area contributed by atoms with Gasteiger partial charge in [0, 0.05) is 6.42 Å². The molecule has 0 rings (SSSR count). The van der Waals surface area contributed by atoms with Crippen molar-refractivity contribution in [2.75, 3.05) is 6.61 Å². The lowest BCUT2D eigenvalue weighted by molar-refractivity contribution is -0.148. The third kappa shape index (κ3) is 23.7. The second-order valence-electron chi connectivity index (χ2n) is 6.66. The maximum Gasteiger partial charge on any atom is 0.305 e. The highest BCUT2D eigenvalue weighted by atomic mass is 16.5. The zero-order valence-corrected chi connectivity index (χ0v) is 16.6. The summed E-state index contributed by atoms with van der Waals surface area (Å²) in [6, 6.07) is 0. The number of aliphatic hydroxyl groups is 2. The summed E-state index contributed by atoms with van der Waals surface area (Å²) in [5.41, 5.74) is 0. The van der Waals surface area contributed by atoms with Crippen LogP contribution in [0.3, 0.4) is 0 Å². The predicted octanol–water partition coefficient (Wildman–Crippen LogP) is 5.00. The fourth-order valence-corrected chi connectivity index (χ4v) is 2.29. The van der Waals surface area contributed by atoms with E-state index < -0.39 is 6.10 Å². The van der Waals surface area contributed by atoms with Crippen molar-refractivity contribution in [1.29, 1.82) is 0 Å². The minimum Gasteiger partial charge on any atom is -0.463 e. The van der Waals surface area contributed by atoms with Crippen molar-refractivity contribution in [2.45, 2.75) is 117 Å². The first-order valence-corrected chi connectivity index (χ1v) is 9.96. The van der Waals surface area contributed by atoms with Crippen LogP contribution in [-0.4, -0.2) is 35.0 Å². The van der Waals surface area contributed by atoms with Crippen LogP contribution in [0.1, 0.15) is 105 Å². The van der Waals surface area contributed by atoms with Gasteiger partial charge in [-0.3, -0.25) is 4.79 Å². The van der Waals surface area contributed by atoms with Gasteiger partial charge in [-0.2, -0.15) is 0 Å². The van der Waals surface area contributed by atoms with Gasteiger partial charge in [0.15, 0.2) is 0 Å². The molecule has 0 saturated heterocycles. The van der Waals surface area contributed by atoms with Gasteiger partial charge in [-0.1, -0.05) is 71.6 Å². The molecule has 0 radical (unpaired) electrons. The third-order valence-electron chi connectivity index (χ3n) is 3.85. The number of carbonyl (C=O) groups excluding carboxylic acids is 1. The number of unbranched alkanes of at least 4 members (excludes halogenated alkanes) is 9. The molecule has 4 nitrogen and oxygen atoms in total. The first-order chi connectivity index (χ1) is 11.5. The average molecular weight is 347 g/mol. The van der Waals surface area contributed by atoms with E-state index in [1.165, 1.54) is 71.1 Å². The topological polar surface area (TPSA) is 66.8 Å². The van der Waals surface area contributed by atoms with Crippen LogP contribution in [0.15, 0.2) is 0 Å². The van der Waals surface area contributed by atoms with Crippen molar-refractivity contribution in [1.82, 2.24) is 0 Å². The lowest BCUT2D eigenvalue weighted by Gasteiger charge is -2.12. The van der Waals surface area contributed by atoms with E-state index in [0.717, 1.165) is 6.42 Å². The quantitative estimate of drug-likeness (QED) is 0.343. The summed E-state index contributed by atoms with van der Waals surface area (Å²) in [4.78, 5) is 11.1. The van der Waals surface area contributed by atoms with E-state index in [4.69, 9.17) is 14.9 Å². The molecule has 0 fully saturated rings. The first kappa shape index (κ1) is 25.6. The van der Waals surface area contributed by atoms with Crippen LogP contribution in [-0.2, 0) is 9.53 Å². The Morgan fingerprint density at radius 2 is 1.29 bits per heavy atom. The average Bonchev–Trinajstić information content (AvgIpc) is 2.56. The monoisotopic (exact) mass is 346 g/mol. The van der Waals surface area contributed by atoms with Gasteiger partial charge >= 0.3 is 5.97 Å². The standard InChI is InChI=1S/C17H34O2.C3H8O2/c1-4-6-7-8-9-10-11-12-13-14-15-16(3)19-17(18)5-2;1-3(5)2-4/h16H,4-15H2,1-3H3;3-5H,2H2,1H3. The molecule has 146 valence electrons. The summed E-state index contributed by atoms with van der Waals surface area (Å²) in [6.45, 7) is 7.50. The summed E-state index contributed by atoms with van der Waals surface area (Å²) in [5, 5.41) is 16.0. The van der Waals surface area contributed by atoms with Crippen LogP contribution in [0, 0.1) is 0 Å². The summed E-state index contributed by atoms with van der Waals surface area (Å²) in [5.74, 6) is -0.0698. The van der Waals surface area contributed by atoms with Crippen LogP contribution in [0.5, 0.6) is 0 Å². The Morgan fingerprint density at radius 3 is 1.67 bits per heavy atom. The molecular weight excluding hydrogens is 304 g/mol. The highest BCUT2D eigenvalue weighted by molar-refractivity contribution is 5.69. The van der Waals surface area contributed by atoms with Gasteiger partial charge in [-0.05, 0) is 26.7 Å². The van der Waals surface area contributed by atoms with Crippen molar-refractivity contribution < 1.29 is 19.7 Å². The minimum absolute atomic E-state index is 0.0698. The number of carbonyl (C=O) groups is 1. The van der Waals surface area contributed by atoms with E-state index in [1.54, 1.807) is 0 Å². The van der Waals surface area contributed by atoms with E-state index in [-0.39, 0.29) is 18.7 Å². The molecule has 2 unspecified atom stereocenters. The van der Waals surface area contributed by atoms with Crippen molar-refractivity contribution in [3.05, 3.63) is 0 Å². The Balaban J connectivity index is 0. The molecule has 2 N–H and O–H groups in total. The zero-order chi connectivity index (χ0) is 18.6. The van der Waals surface area contributed by atoms with Crippen LogP contribution in [0.4, 0.5) is 0 Å². The zero-order valence-electron chi connectivity index (χ0n) is 16.6. The smallest absolute Gasteiger partial charge is 0.305 e. The molecule has 0 aromatic rings. The molecule has 0 bridgehead atoms. The maximum atomic E-state index is 11.1. The lowest BCUT2D eigenvalue weighted by atomic mass is 10.0. The molecule has 0 aliphatic heterocycles. The van der Waals surface area contributed by atoms with Crippen molar-refractivity contribution >= 4 is 5.97 Å². The number of hydrogen-bond donors (Lipinski definition) is 2. The Labute approximate surface area is 150 Å². The van der Waals surface area contributed by atoms with E-state index in [9.17, 15) is 4.79 Å². The van der Waals surface area contributed by atoms with Crippen molar-refractivity contribution in [3.63, 3.8) is 0 Å². The molecular formula is C20H42O4. The molecule has 4 heteroatoms. The molecule has 0 aliphatic carbocycles. The fourth-order valence-electron chi connectivity index (χ4n) is 2.29. The largest absolute Gasteiger partial charge is 0.463 e. The van der Waals surface area contributed by atoms with Crippen LogP contribution >= 0.6 is 0 Å². The summed E-state index contributed by atoms with van der Waals surface area (Å²) in [7, 11) is 0. The van der Waals surface area contributed by atoms with Gasteiger partial charge in [-0.25, -0.2) is 0 Å². The molecule has 2 atom stereocenters. The molecule has 0 heterocycles. The Bertz CT molecular complexity index is 254. The van der Waals surface area contributed by atoms with E-state index in [0.29, 0.717) is 6.42 Å². The highest BCUT2D eigenvalue weighted by Crippen LogP contribution is 2.12. The molecule has 0 aromatic carbocycles. The van der Waals surface area contributed by atoms with E-state index in [1.807, 2.05) is 13.8 Å². The van der Waals surface area contributed by atoms with Gasteiger partial charge in [0.2, 0.25) is 0 Å². The molecule has 0 aliphatic rings. The van der Waals surface area contributed by atoms with Crippen LogP contribution in [0.2, 0.25) is 0 Å². The predicted molar refractivity (Wildman–Crippen MR) is 101 cm³/mol. The highest BCUT2D eigenvalue weighted by Gasteiger charge is 2.06. The van der Waals surface area contributed by atoms with E-state index in [2.05, 4.69) is 6.92 Å². The SMILES string of the molecule is CC(O)CO.CCCCCCCCCCCCC(C)OC(=O)CC. The second kappa shape index (κ2) is 20.4. The van der Waals surface area contributed by atoms with Crippen LogP contribution < -0.4 is 0 Å². The molecule has 0 saturated carbocycles. The van der Waals surface area contributed by atoms with Crippen molar-refractivity contribution in [2.24, 2.45) is 0 Å². The van der Waals surface area contributed by atoms with E-state index >= 15 is 0 Å². The molecule has 24 heavy (non-hydrogen) atoms. The Morgan fingerprint density at radius 1 is 0.875 bits per heavy atom. The molecule has 0 aromatic heterocycles. The number of rotatable bonds is 14. The van der Waals surface area contributed by atoms with Gasteiger partial charge in [0.05, 0.1) is 18.8 Å². The maximum absolute atomic E-state index is 11.1. The fraction of sp³-hybridized carbons (Fsp3) is 0.950. The van der Waals surface area contributed by atoms with Crippen molar-refractivity contribution in [3.8, 4) is 0 Å². The Hall–Kier alpha value is -0.610. The lowest BCUT2D eigenvalue weighted by Crippen LogP contribution is -2.13. The molecule has 0 amide bonds. The summed E-state index contributed by atoms with van der Waals surface area (Å²) in [6.07, 6.45) is 14.6. The third-order valence-corrected chi connectivity index (χ3v) is 3.85. The summed E-state index contributed by atoms with van der Waals surface area (Å²) >= 11 is 0. The van der Waals surface area contributed by atoms with Gasteiger partial charge < -0.3 is 14.9 Å². The van der Waals surface area contributed by atoms with Crippen LogP contribution in [0.25, 0.3) is 0 Å². The first-order valence-electron chi connectivity index (χ1n) is 9.96. The number of ether oxygens (including phenoxy) is 1. The summed E-state index contributed by atoms with van der Waals surface area (Å²) < 4.78 is 5.24. The number of aliphatic hydroxyl groups excluding tert-OH is 2. The molecule has 0 spiro atoms. The van der Waals surface area contributed by atoms with Gasteiger partial charge in [0.25, 0.3) is 0 Å². The van der Waals surface area contributed by atoms with Gasteiger partial charge in [0.1, 0.15) is 0 Å². The number of esters is 1. The second-order valence-corrected chi connectivity index (χ2v) is 6.66. The Kier molecular flexibility index (Phi) is 21.8. The number of hydrogen-bond acceptors (Lipinski definition) is 4. The minimum atomic E-state index is -0.560. The van der Waals surface area contributed by atoms with Gasteiger partial charge in [-0.15, -0.1) is 0 Å².